The number of piperidine rings is 1. The molecule has 1 fully saturated rings. The molecule has 0 bridgehead atoms. The summed E-state index contributed by atoms with van der Waals surface area (Å²) in [5.74, 6) is 0.728. The molecule has 2 rings (SSSR count). The summed E-state index contributed by atoms with van der Waals surface area (Å²) in [4.78, 5) is 4.61. The molecule has 1 aromatic rings. The highest BCUT2D eigenvalue weighted by Gasteiger charge is 2.19. The minimum absolute atomic E-state index is 0.0598. The van der Waals surface area contributed by atoms with Gasteiger partial charge < -0.3 is 14.9 Å². The average molecular weight is 283 g/mol. The Balaban J connectivity index is 2.03. The third-order valence-corrected chi connectivity index (χ3v) is 4.23. The molecule has 0 radical (unpaired) electrons. The number of hydrogen-bond donors (Lipinski definition) is 1. The van der Waals surface area contributed by atoms with Crippen molar-refractivity contribution in [3.05, 3.63) is 28.8 Å². The van der Waals surface area contributed by atoms with Crippen molar-refractivity contribution in [1.82, 2.24) is 4.90 Å². The van der Waals surface area contributed by atoms with Crippen molar-refractivity contribution < 1.29 is 5.11 Å². The lowest BCUT2D eigenvalue weighted by molar-refractivity contribution is 0.222. The molecular weight excluding hydrogens is 260 g/mol. The highest BCUT2D eigenvalue weighted by Crippen LogP contribution is 2.26. The Morgan fingerprint density at radius 3 is 2.68 bits per heavy atom. The first-order valence-electron chi connectivity index (χ1n) is 6.89. The molecule has 0 atom stereocenters. The van der Waals surface area contributed by atoms with Crippen molar-refractivity contribution in [3.8, 4) is 0 Å². The smallest absolute Gasteiger partial charge is 0.0702 e. The number of likely N-dealkylation sites (tertiary alicyclic amines) is 1. The molecule has 1 aliphatic rings. The van der Waals surface area contributed by atoms with Crippen LogP contribution >= 0.6 is 11.6 Å². The van der Waals surface area contributed by atoms with Crippen molar-refractivity contribution in [2.45, 2.75) is 19.4 Å². The van der Waals surface area contributed by atoms with Crippen LogP contribution in [0.2, 0.25) is 5.02 Å². The van der Waals surface area contributed by atoms with Crippen LogP contribution in [0.1, 0.15) is 18.4 Å². The lowest BCUT2D eigenvalue weighted by Crippen LogP contribution is -2.36. The van der Waals surface area contributed by atoms with Crippen LogP contribution < -0.4 is 4.90 Å². The fourth-order valence-corrected chi connectivity index (χ4v) is 2.92. The number of aliphatic hydroxyl groups excluding tert-OH is 1. The van der Waals surface area contributed by atoms with Crippen molar-refractivity contribution in [2.75, 3.05) is 38.6 Å². The molecule has 1 aliphatic heterocycles. The Kier molecular flexibility index (Phi) is 5.08. The first-order chi connectivity index (χ1) is 9.10. The van der Waals surface area contributed by atoms with Gasteiger partial charge in [0.25, 0.3) is 0 Å². The normalized spacial score (nSPS) is 17.7. The molecule has 0 unspecified atom stereocenters. The van der Waals surface area contributed by atoms with Gasteiger partial charge in [-0.3, -0.25) is 0 Å². The highest BCUT2D eigenvalue weighted by molar-refractivity contribution is 6.30. The van der Waals surface area contributed by atoms with Gasteiger partial charge in [0.2, 0.25) is 0 Å². The molecule has 1 heterocycles. The van der Waals surface area contributed by atoms with Gasteiger partial charge in [0.15, 0.2) is 0 Å². The van der Waals surface area contributed by atoms with Crippen molar-refractivity contribution in [1.29, 1.82) is 0 Å². The Hall–Kier alpha value is -0.770. The van der Waals surface area contributed by atoms with E-state index in [9.17, 15) is 5.11 Å². The number of benzene rings is 1. The van der Waals surface area contributed by atoms with Crippen LogP contribution in [-0.2, 0) is 6.61 Å². The van der Waals surface area contributed by atoms with Gasteiger partial charge in [-0.05, 0) is 51.0 Å². The topological polar surface area (TPSA) is 26.7 Å². The van der Waals surface area contributed by atoms with E-state index in [-0.39, 0.29) is 6.61 Å². The monoisotopic (exact) mass is 282 g/mol. The van der Waals surface area contributed by atoms with Crippen LogP contribution in [0.3, 0.4) is 0 Å². The van der Waals surface area contributed by atoms with Crippen molar-refractivity contribution in [2.24, 2.45) is 5.92 Å². The Labute approximate surface area is 120 Å². The van der Waals surface area contributed by atoms with Gasteiger partial charge in [-0.2, -0.15) is 0 Å². The maximum atomic E-state index is 9.42. The predicted molar refractivity (Wildman–Crippen MR) is 80.9 cm³/mol. The van der Waals surface area contributed by atoms with Gasteiger partial charge in [0.05, 0.1) is 6.61 Å². The van der Waals surface area contributed by atoms with Crippen molar-refractivity contribution in [3.63, 3.8) is 0 Å². The summed E-state index contributed by atoms with van der Waals surface area (Å²) in [6.07, 6.45) is 2.49. The molecule has 1 saturated heterocycles. The van der Waals surface area contributed by atoms with Crippen LogP contribution in [0, 0.1) is 5.92 Å². The molecule has 19 heavy (non-hydrogen) atoms. The molecule has 0 spiro atoms. The van der Waals surface area contributed by atoms with Gasteiger partial charge in [-0.1, -0.05) is 17.7 Å². The van der Waals surface area contributed by atoms with Crippen LogP contribution in [0.4, 0.5) is 5.69 Å². The number of aliphatic hydroxyl groups is 1. The van der Waals surface area contributed by atoms with Gasteiger partial charge in [0, 0.05) is 29.9 Å². The molecule has 106 valence electrons. The number of nitrogens with zero attached hydrogens (tertiary/aromatic N) is 2. The predicted octanol–water partition coefficient (Wildman–Crippen LogP) is 2.61. The zero-order chi connectivity index (χ0) is 13.8. The average Bonchev–Trinajstić information content (AvgIpc) is 2.41. The Morgan fingerprint density at radius 2 is 2.05 bits per heavy atom. The third kappa shape index (κ3) is 3.85. The first-order valence-corrected chi connectivity index (χ1v) is 7.27. The fraction of sp³-hybridized carbons (Fsp3) is 0.600. The maximum absolute atomic E-state index is 9.42. The summed E-state index contributed by atoms with van der Waals surface area (Å²) in [5, 5.41) is 10.1. The first kappa shape index (κ1) is 14.6. The second-order valence-corrected chi connectivity index (χ2v) is 5.99. The number of halogens is 1. The molecule has 0 aromatic heterocycles. The number of anilines is 1. The van der Waals surface area contributed by atoms with Crippen LogP contribution in [-0.4, -0.2) is 43.7 Å². The SMILES string of the molecule is CN1CCC(CN(C)c2cc(Cl)ccc2CO)CC1. The lowest BCUT2D eigenvalue weighted by Gasteiger charge is -2.33. The van der Waals surface area contributed by atoms with Gasteiger partial charge in [-0.25, -0.2) is 0 Å². The molecule has 0 saturated carbocycles. The van der Waals surface area contributed by atoms with E-state index >= 15 is 0 Å². The van der Waals surface area contributed by atoms with E-state index in [0.29, 0.717) is 0 Å². The van der Waals surface area contributed by atoms with Crippen LogP contribution in [0.15, 0.2) is 18.2 Å². The standard InChI is InChI=1S/C15H23ClN2O/c1-17-7-5-12(6-8-17)10-18(2)15-9-14(16)4-3-13(15)11-19/h3-4,9,12,19H,5-8,10-11H2,1-2H3. The van der Waals surface area contributed by atoms with E-state index in [1.807, 2.05) is 18.2 Å². The largest absolute Gasteiger partial charge is 0.392 e. The van der Waals surface area contributed by atoms with E-state index in [0.717, 1.165) is 28.7 Å². The van der Waals surface area contributed by atoms with E-state index < -0.39 is 0 Å². The zero-order valence-corrected chi connectivity index (χ0v) is 12.5. The summed E-state index contributed by atoms with van der Waals surface area (Å²) in [5.41, 5.74) is 1.99. The minimum Gasteiger partial charge on any atom is -0.392 e. The molecule has 1 aromatic carbocycles. The summed E-state index contributed by atoms with van der Waals surface area (Å²) in [6.45, 7) is 3.45. The van der Waals surface area contributed by atoms with Crippen molar-refractivity contribution >= 4 is 17.3 Å². The quantitative estimate of drug-likeness (QED) is 0.920. The molecule has 0 aliphatic carbocycles. The van der Waals surface area contributed by atoms with E-state index in [1.165, 1.54) is 25.9 Å². The second-order valence-electron chi connectivity index (χ2n) is 5.56. The zero-order valence-electron chi connectivity index (χ0n) is 11.8. The molecule has 1 N–H and O–H groups in total. The highest BCUT2D eigenvalue weighted by atomic mass is 35.5. The molecule has 3 nitrogen and oxygen atoms in total. The summed E-state index contributed by atoms with van der Waals surface area (Å²) in [6, 6.07) is 5.69. The van der Waals surface area contributed by atoms with E-state index in [4.69, 9.17) is 11.6 Å². The van der Waals surface area contributed by atoms with Gasteiger partial charge in [0.1, 0.15) is 0 Å². The summed E-state index contributed by atoms with van der Waals surface area (Å²) < 4.78 is 0. The molecular formula is C15H23ClN2O. The Bertz CT molecular complexity index is 417. The van der Waals surface area contributed by atoms with Gasteiger partial charge in [-0.15, -0.1) is 0 Å². The molecule has 4 heteroatoms. The Morgan fingerprint density at radius 1 is 1.37 bits per heavy atom. The maximum Gasteiger partial charge on any atom is 0.0702 e. The minimum atomic E-state index is 0.0598. The van der Waals surface area contributed by atoms with Crippen LogP contribution in [0.25, 0.3) is 0 Å². The fourth-order valence-electron chi connectivity index (χ4n) is 2.76. The second kappa shape index (κ2) is 6.60. The number of hydrogen-bond acceptors (Lipinski definition) is 3. The number of rotatable bonds is 4. The molecule has 0 amide bonds. The third-order valence-electron chi connectivity index (χ3n) is 4.00. The summed E-state index contributed by atoms with van der Waals surface area (Å²) >= 11 is 6.06. The van der Waals surface area contributed by atoms with Crippen LogP contribution in [0.5, 0.6) is 0 Å². The van der Waals surface area contributed by atoms with E-state index in [2.05, 4.69) is 23.9 Å². The summed E-state index contributed by atoms with van der Waals surface area (Å²) in [7, 11) is 4.27. The lowest BCUT2D eigenvalue weighted by atomic mass is 9.96. The van der Waals surface area contributed by atoms with E-state index in [1.54, 1.807) is 0 Å². The van der Waals surface area contributed by atoms with Gasteiger partial charge >= 0.3 is 0 Å².